The molecule has 0 unspecified atom stereocenters. The number of nitriles is 1. The number of fused-ring (bicyclic) bond motifs is 3. The molecular weight excluding hydrogens is 379 g/mol. The molecule has 30 heavy (non-hydrogen) atoms. The Morgan fingerprint density at radius 2 is 1.73 bits per heavy atom. The number of ether oxygens (including phenoxy) is 1. The summed E-state index contributed by atoms with van der Waals surface area (Å²) in [4.78, 5) is 12.1. The number of hydrogen-bond donors (Lipinski definition) is 1. The fourth-order valence-electron chi connectivity index (χ4n) is 3.71. The molecule has 0 bridgehead atoms. The monoisotopic (exact) mass is 398 g/mol. The quantitative estimate of drug-likeness (QED) is 0.639. The van der Waals surface area contributed by atoms with Crippen LogP contribution >= 0.6 is 0 Å². The maximum Gasteiger partial charge on any atom is 0.407 e. The predicted octanol–water partition coefficient (Wildman–Crippen LogP) is 5.25. The zero-order valence-corrected chi connectivity index (χ0v) is 16.1. The molecule has 1 aliphatic carbocycles. The van der Waals surface area contributed by atoms with E-state index in [9.17, 15) is 9.18 Å². The lowest BCUT2D eigenvalue weighted by Crippen LogP contribution is -2.26. The van der Waals surface area contributed by atoms with E-state index < -0.39 is 11.9 Å². The first-order valence-corrected chi connectivity index (χ1v) is 9.62. The van der Waals surface area contributed by atoms with Gasteiger partial charge in [0.05, 0.1) is 5.56 Å². The van der Waals surface area contributed by atoms with E-state index >= 15 is 0 Å². The third-order valence-corrected chi connectivity index (χ3v) is 5.13. The van der Waals surface area contributed by atoms with E-state index in [1.165, 1.54) is 23.3 Å². The number of rotatable bonds is 5. The van der Waals surface area contributed by atoms with Crippen molar-refractivity contribution in [1.29, 1.82) is 5.26 Å². The Labute approximate surface area is 174 Å². The number of halogens is 1. The molecule has 0 saturated heterocycles. The summed E-state index contributed by atoms with van der Waals surface area (Å²) < 4.78 is 19.1. The zero-order chi connectivity index (χ0) is 20.9. The van der Waals surface area contributed by atoms with Gasteiger partial charge in [-0.1, -0.05) is 66.7 Å². The van der Waals surface area contributed by atoms with Gasteiger partial charge in [-0.2, -0.15) is 5.26 Å². The lowest BCUT2D eigenvalue weighted by molar-refractivity contribution is 0.144. The largest absolute Gasteiger partial charge is 0.449 e. The second kappa shape index (κ2) is 8.62. The SMILES string of the molecule is N#Cc1ccc(C=CCNC(=O)OCC2c3ccccc3-c3ccccc32)cc1F. The van der Waals surface area contributed by atoms with Crippen molar-refractivity contribution in [2.24, 2.45) is 0 Å². The highest BCUT2D eigenvalue weighted by Crippen LogP contribution is 2.44. The van der Waals surface area contributed by atoms with Crippen molar-refractivity contribution in [3.8, 4) is 17.2 Å². The minimum absolute atomic E-state index is 0.00362. The molecule has 0 fully saturated rings. The molecule has 0 spiro atoms. The van der Waals surface area contributed by atoms with Crippen LogP contribution in [0.15, 0.2) is 72.8 Å². The first kappa shape index (κ1) is 19.4. The van der Waals surface area contributed by atoms with Crippen molar-refractivity contribution in [3.63, 3.8) is 0 Å². The van der Waals surface area contributed by atoms with Gasteiger partial charge in [0.25, 0.3) is 0 Å². The summed E-state index contributed by atoms with van der Waals surface area (Å²) in [7, 11) is 0. The molecule has 1 aliphatic rings. The van der Waals surface area contributed by atoms with E-state index in [0.717, 1.165) is 11.1 Å². The molecule has 4 nitrogen and oxygen atoms in total. The number of nitrogens with zero attached hydrogens (tertiary/aromatic N) is 1. The highest BCUT2D eigenvalue weighted by molar-refractivity contribution is 5.79. The van der Waals surface area contributed by atoms with Gasteiger partial charge in [-0.05, 0) is 39.9 Å². The minimum atomic E-state index is -0.566. The number of amides is 1. The van der Waals surface area contributed by atoms with Gasteiger partial charge in [-0.25, -0.2) is 9.18 Å². The fraction of sp³-hybridized carbons (Fsp3) is 0.120. The third kappa shape index (κ3) is 3.94. The van der Waals surface area contributed by atoms with Crippen LogP contribution in [0.5, 0.6) is 0 Å². The molecule has 0 atom stereocenters. The minimum Gasteiger partial charge on any atom is -0.449 e. The van der Waals surface area contributed by atoms with Gasteiger partial charge in [0, 0.05) is 12.5 Å². The van der Waals surface area contributed by atoms with Gasteiger partial charge in [-0.3, -0.25) is 0 Å². The average Bonchev–Trinajstić information content (AvgIpc) is 3.09. The van der Waals surface area contributed by atoms with E-state index in [4.69, 9.17) is 10.00 Å². The fourth-order valence-corrected chi connectivity index (χ4v) is 3.71. The topological polar surface area (TPSA) is 62.1 Å². The average molecular weight is 398 g/mol. The van der Waals surface area contributed by atoms with Crippen molar-refractivity contribution < 1.29 is 13.9 Å². The van der Waals surface area contributed by atoms with Crippen molar-refractivity contribution in [2.45, 2.75) is 5.92 Å². The number of alkyl carbamates (subject to hydrolysis) is 1. The molecular formula is C25H19FN2O2. The van der Waals surface area contributed by atoms with Crippen LogP contribution in [-0.2, 0) is 4.74 Å². The van der Waals surface area contributed by atoms with Crippen molar-refractivity contribution >= 4 is 12.2 Å². The molecule has 3 aromatic carbocycles. The molecule has 0 saturated carbocycles. The van der Waals surface area contributed by atoms with Gasteiger partial charge in [0.1, 0.15) is 18.5 Å². The lowest BCUT2D eigenvalue weighted by Gasteiger charge is -2.14. The van der Waals surface area contributed by atoms with Gasteiger partial charge in [0.2, 0.25) is 0 Å². The smallest absolute Gasteiger partial charge is 0.407 e. The van der Waals surface area contributed by atoms with Gasteiger partial charge in [-0.15, -0.1) is 0 Å². The van der Waals surface area contributed by atoms with Crippen molar-refractivity contribution in [2.75, 3.05) is 13.2 Å². The Kier molecular flexibility index (Phi) is 5.58. The third-order valence-electron chi connectivity index (χ3n) is 5.13. The molecule has 3 aromatic rings. The van der Waals surface area contributed by atoms with Crippen molar-refractivity contribution in [1.82, 2.24) is 5.32 Å². The Hall–Kier alpha value is -3.91. The molecule has 1 N–H and O–H groups in total. The van der Waals surface area contributed by atoms with Crippen LogP contribution in [0.3, 0.4) is 0 Å². The number of carbonyl (C=O) groups excluding carboxylic acids is 1. The number of nitrogens with one attached hydrogen (secondary N) is 1. The second-order valence-electron chi connectivity index (χ2n) is 6.96. The predicted molar refractivity (Wildman–Crippen MR) is 113 cm³/mol. The molecule has 0 radical (unpaired) electrons. The lowest BCUT2D eigenvalue weighted by atomic mass is 9.98. The van der Waals surface area contributed by atoms with Crippen LogP contribution in [0.25, 0.3) is 17.2 Å². The maximum absolute atomic E-state index is 13.6. The number of hydrogen-bond acceptors (Lipinski definition) is 3. The maximum atomic E-state index is 13.6. The Bertz CT molecular complexity index is 1120. The van der Waals surface area contributed by atoms with E-state index in [1.807, 2.05) is 24.3 Å². The molecule has 5 heteroatoms. The highest BCUT2D eigenvalue weighted by Gasteiger charge is 2.28. The summed E-state index contributed by atoms with van der Waals surface area (Å²) in [6.45, 7) is 0.503. The Balaban J connectivity index is 1.32. The van der Waals surface area contributed by atoms with Crippen LogP contribution in [0.2, 0.25) is 0 Å². The highest BCUT2D eigenvalue weighted by atomic mass is 19.1. The van der Waals surface area contributed by atoms with Crippen LogP contribution in [0.1, 0.15) is 28.2 Å². The molecule has 4 rings (SSSR count). The first-order valence-electron chi connectivity index (χ1n) is 9.62. The molecule has 1 amide bonds. The second-order valence-corrected chi connectivity index (χ2v) is 6.96. The number of carbonyl (C=O) groups is 1. The molecule has 0 aliphatic heterocycles. The van der Waals surface area contributed by atoms with Gasteiger partial charge in [0.15, 0.2) is 0 Å². The summed E-state index contributed by atoms with van der Waals surface area (Å²) in [6, 6.07) is 22.5. The van der Waals surface area contributed by atoms with Crippen molar-refractivity contribution in [3.05, 3.63) is 101 Å². The summed E-state index contributed by atoms with van der Waals surface area (Å²) >= 11 is 0. The first-order chi connectivity index (χ1) is 14.7. The molecule has 0 heterocycles. The molecule has 148 valence electrons. The Morgan fingerprint density at radius 1 is 1.07 bits per heavy atom. The summed E-state index contributed by atoms with van der Waals surface area (Å²) in [6.07, 6.45) is 2.86. The van der Waals surface area contributed by atoms with Gasteiger partial charge >= 0.3 is 6.09 Å². The van der Waals surface area contributed by atoms with E-state index in [0.29, 0.717) is 5.56 Å². The van der Waals surface area contributed by atoms with Crippen LogP contribution in [-0.4, -0.2) is 19.2 Å². The number of benzene rings is 3. The standard InChI is InChI=1S/C25H19FN2O2/c26-24-14-17(11-12-18(24)15-27)6-5-13-28-25(29)30-16-23-21-9-3-1-7-19(21)20-8-2-4-10-22(20)23/h1-12,14,23H,13,16H2,(H,28,29). The summed E-state index contributed by atoms with van der Waals surface area (Å²) in [5.41, 5.74) is 5.30. The summed E-state index contributed by atoms with van der Waals surface area (Å²) in [5, 5.41) is 11.4. The van der Waals surface area contributed by atoms with E-state index in [-0.39, 0.29) is 24.6 Å². The summed E-state index contributed by atoms with van der Waals surface area (Å²) in [5.74, 6) is -0.551. The normalized spacial score (nSPS) is 12.3. The van der Waals surface area contributed by atoms with Gasteiger partial charge < -0.3 is 10.1 Å². The van der Waals surface area contributed by atoms with E-state index in [1.54, 1.807) is 24.3 Å². The van der Waals surface area contributed by atoms with Crippen LogP contribution in [0, 0.1) is 17.1 Å². The van der Waals surface area contributed by atoms with E-state index in [2.05, 4.69) is 29.6 Å². The van der Waals surface area contributed by atoms with Crippen LogP contribution in [0.4, 0.5) is 9.18 Å². The zero-order valence-electron chi connectivity index (χ0n) is 16.1. The Morgan fingerprint density at radius 3 is 2.37 bits per heavy atom. The molecule has 0 aromatic heterocycles. The van der Waals surface area contributed by atoms with Crippen LogP contribution < -0.4 is 5.32 Å².